The molecule has 6 nitrogen and oxygen atoms in total. The van der Waals surface area contributed by atoms with E-state index in [2.05, 4.69) is 165 Å². The number of benzene rings is 6. The van der Waals surface area contributed by atoms with Crippen LogP contribution >= 0.6 is 0 Å². The van der Waals surface area contributed by atoms with E-state index in [4.69, 9.17) is 9.97 Å². The van der Waals surface area contributed by atoms with Crippen molar-refractivity contribution in [3.05, 3.63) is 207 Å². The van der Waals surface area contributed by atoms with E-state index in [1.165, 1.54) is 0 Å². The van der Waals surface area contributed by atoms with E-state index in [-0.39, 0.29) is 0 Å². The van der Waals surface area contributed by atoms with Gasteiger partial charge in [-0.1, -0.05) is 84.9 Å². The normalized spacial score (nSPS) is 11.4. The van der Waals surface area contributed by atoms with Crippen LogP contribution in [0.2, 0.25) is 0 Å². The number of para-hydroxylation sites is 2. The number of hydrogen-bond acceptors (Lipinski definition) is 4. The van der Waals surface area contributed by atoms with Crippen LogP contribution in [-0.2, 0) is 0 Å². The van der Waals surface area contributed by atoms with Crippen molar-refractivity contribution >= 4 is 43.6 Å². The maximum absolute atomic E-state index is 4.94. The number of aromatic nitrogens is 6. The maximum Gasteiger partial charge on any atom is 0.0886 e. The Balaban J connectivity index is 1.29. The van der Waals surface area contributed by atoms with E-state index in [1.807, 2.05) is 48.8 Å². The molecule has 6 heteroatoms. The topological polar surface area (TPSA) is 61.4 Å². The van der Waals surface area contributed by atoms with Crippen molar-refractivity contribution in [2.45, 2.75) is 0 Å². The third-order valence-corrected chi connectivity index (χ3v) is 10.9. The van der Waals surface area contributed by atoms with Crippen molar-refractivity contribution in [3.63, 3.8) is 0 Å². The molecule has 0 aliphatic heterocycles. The Morgan fingerprint density at radius 1 is 0.310 bits per heavy atom. The van der Waals surface area contributed by atoms with Crippen molar-refractivity contribution in [2.75, 3.05) is 0 Å². The van der Waals surface area contributed by atoms with Crippen molar-refractivity contribution in [2.24, 2.45) is 0 Å². The van der Waals surface area contributed by atoms with Crippen LogP contribution in [0, 0.1) is 0 Å². The van der Waals surface area contributed by atoms with E-state index in [0.29, 0.717) is 0 Å². The molecule has 11 rings (SSSR count). The second kappa shape index (κ2) is 14.0. The predicted octanol–water partition coefficient (Wildman–Crippen LogP) is 12.7. The van der Waals surface area contributed by atoms with E-state index in [0.717, 1.165) is 100 Å². The van der Waals surface area contributed by atoms with Crippen molar-refractivity contribution in [1.29, 1.82) is 0 Å². The number of rotatable bonds is 6. The highest BCUT2D eigenvalue weighted by molar-refractivity contribution is 6.09. The summed E-state index contributed by atoms with van der Waals surface area (Å²) in [6, 6.07) is 64.2. The van der Waals surface area contributed by atoms with Gasteiger partial charge in [0.05, 0.1) is 44.8 Å². The Morgan fingerprint density at radius 3 is 1.14 bits per heavy atom. The van der Waals surface area contributed by atoms with E-state index in [1.54, 1.807) is 12.4 Å². The monoisotopic (exact) mass is 742 g/mol. The fourth-order valence-electron chi connectivity index (χ4n) is 8.23. The molecule has 0 fully saturated rings. The Labute approximate surface area is 334 Å². The zero-order chi connectivity index (χ0) is 38.4. The number of fused-ring (bicyclic) bond motifs is 2. The predicted molar refractivity (Wildman–Crippen MR) is 237 cm³/mol. The minimum Gasteiger partial charge on any atom is -0.309 e. The minimum absolute atomic E-state index is 0.834. The van der Waals surface area contributed by atoms with Crippen LogP contribution in [0.4, 0.5) is 0 Å². The van der Waals surface area contributed by atoms with Gasteiger partial charge in [-0.2, -0.15) is 0 Å². The van der Waals surface area contributed by atoms with Crippen LogP contribution < -0.4 is 0 Å². The molecule has 0 spiro atoms. The van der Waals surface area contributed by atoms with E-state index in [9.17, 15) is 0 Å². The first kappa shape index (κ1) is 33.4. The molecular weight excluding hydrogens is 709 g/mol. The lowest BCUT2D eigenvalue weighted by Gasteiger charge is -2.21. The summed E-state index contributed by atoms with van der Waals surface area (Å²) in [6.45, 7) is 0. The van der Waals surface area contributed by atoms with E-state index < -0.39 is 0 Å². The number of nitrogens with zero attached hydrogens (tertiary/aromatic N) is 6. The van der Waals surface area contributed by atoms with Gasteiger partial charge in [0.2, 0.25) is 0 Å². The molecule has 5 heterocycles. The molecule has 0 saturated carbocycles. The highest BCUT2D eigenvalue weighted by Gasteiger charge is 2.18. The first-order chi connectivity index (χ1) is 28.8. The molecule has 5 aromatic heterocycles. The molecule has 11 aromatic rings. The van der Waals surface area contributed by atoms with Crippen molar-refractivity contribution in [1.82, 2.24) is 29.1 Å². The average molecular weight is 743 g/mol. The Kier molecular flexibility index (Phi) is 8.04. The third-order valence-electron chi connectivity index (χ3n) is 10.9. The van der Waals surface area contributed by atoms with Gasteiger partial charge in [0.15, 0.2) is 0 Å². The summed E-state index contributed by atoms with van der Waals surface area (Å²) in [4.78, 5) is 19.0. The second-order valence-electron chi connectivity index (χ2n) is 14.4. The lowest BCUT2D eigenvalue weighted by Crippen LogP contribution is -2.04. The summed E-state index contributed by atoms with van der Waals surface area (Å²) in [6.07, 6.45) is 7.56. The quantitative estimate of drug-likeness (QED) is 0.170. The molecule has 6 aromatic carbocycles. The van der Waals surface area contributed by atoms with Crippen molar-refractivity contribution in [3.8, 4) is 56.4 Å². The summed E-state index contributed by atoms with van der Waals surface area (Å²) >= 11 is 0. The summed E-state index contributed by atoms with van der Waals surface area (Å²) in [5, 5.41) is 4.49. The van der Waals surface area contributed by atoms with Gasteiger partial charge in [0.25, 0.3) is 0 Å². The molecule has 0 amide bonds. The molecule has 272 valence electrons. The summed E-state index contributed by atoms with van der Waals surface area (Å²) in [5.41, 5.74) is 13.9. The highest BCUT2D eigenvalue weighted by atomic mass is 15.0. The van der Waals surface area contributed by atoms with Gasteiger partial charge in [0.1, 0.15) is 0 Å². The molecule has 4 bridgehead atoms. The van der Waals surface area contributed by atoms with Crippen LogP contribution in [-0.4, -0.2) is 29.1 Å². The van der Waals surface area contributed by atoms with Gasteiger partial charge in [-0.05, 0) is 108 Å². The number of pyridine rings is 4. The van der Waals surface area contributed by atoms with Gasteiger partial charge < -0.3 is 9.13 Å². The molecule has 58 heavy (non-hydrogen) atoms. The van der Waals surface area contributed by atoms with Crippen LogP contribution in [0.3, 0.4) is 0 Å². The zero-order valence-corrected chi connectivity index (χ0v) is 31.3. The average Bonchev–Trinajstić information content (AvgIpc) is 3.30. The third kappa shape index (κ3) is 5.74. The molecule has 0 radical (unpaired) electrons. The van der Waals surface area contributed by atoms with Crippen molar-refractivity contribution < 1.29 is 0 Å². The number of hydrogen-bond donors (Lipinski definition) is 0. The Bertz CT molecular complexity index is 3060. The van der Waals surface area contributed by atoms with Crippen LogP contribution in [0.15, 0.2) is 207 Å². The van der Waals surface area contributed by atoms with Crippen LogP contribution in [0.25, 0.3) is 100 Å². The lowest BCUT2D eigenvalue weighted by molar-refractivity contribution is 1.15. The molecule has 0 aliphatic carbocycles. The van der Waals surface area contributed by atoms with Gasteiger partial charge in [-0.25, -0.2) is 0 Å². The van der Waals surface area contributed by atoms with Gasteiger partial charge >= 0.3 is 0 Å². The van der Waals surface area contributed by atoms with Gasteiger partial charge in [0, 0.05) is 69.2 Å². The summed E-state index contributed by atoms with van der Waals surface area (Å²) in [7, 11) is 0. The van der Waals surface area contributed by atoms with Gasteiger partial charge in [-0.15, -0.1) is 0 Å². The second-order valence-corrected chi connectivity index (χ2v) is 14.4. The summed E-state index contributed by atoms with van der Waals surface area (Å²) < 4.78 is 4.82. The van der Waals surface area contributed by atoms with Crippen LogP contribution in [0.1, 0.15) is 0 Å². The molecular formula is C52H34N6. The summed E-state index contributed by atoms with van der Waals surface area (Å²) in [5.74, 6) is 0. The first-order valence-electron chi connectivity index (χ1n) is 19.4. The molecule has 0 saturated heterocycles. The standard InChI is InChI=1S/C52H34N6/c1-3-15-39(16-4-1)57-49-21-11-13-35-30-42(38-24-26-48(56-34-38)46-20-8-10-28-54-46)52(32-43(35)49)58(40-17-5-2-6-18-40)50-22-12-14-36-29-41(51(57)31-44(36)50)37-23-25-47(55-33-37)45-19-7-9-27-53-45/h1-34H. The molecule has 0 unspecified atom stereocenters. The Morgan fingerprint density at radius 2 is 0.741 bits per heavy atom. The first-order valence-corrected chi connectivity index (χ1v) is 19.4. The lowest BCUT2D eigenvalue weighted by atomic mass is 9.97. The smallest absolute Gasteiger partial charge is 0.0886 e. The van der Waals surface area contributed by atoms with Gasteiger partial charge in [-0.3, -0.25) is 19.9 Å². The SMILES string of the molecule is c1ccc(-n2c3cc4c(cccc4n(-c4ccccc4)c4cc5c(cccc52)cc4-c2ccc(-c4ccccn4)nc2)cc3-c2ccc(-c3ccccn3)nc2)cc1. The largest absolute Gasteiger partial charge is 0.309 e. The highest BCUT2D eigenvalue weighted by Crippen LogP contribution is 2.39. The fraction of sp³-hybridized carbons (Fsp3) is 0. The maximum atomic E-state index is 4.94. The minimum atomic E-state index is 0.834. The zero-order valence-electron chi connectivity index (χ0n) is 31.3. The van der Waals surface area contributed by atoms with E-state index >= 15 is 0 Å². The molecule has 0 aliphatic rings. The van der Waals surface area contributed by atoms with Crippen LogP contribution in [0.5, 0.6) is 0 Å². The molecule has 0 N–H and O–H groups in total. The Hall–Kier alpha value is -7.96. The fourth-order valence-corrected chi connectivity index (χ4v) is 8.23. The molecule has 0 atom stereocenters.